The molecule has 2 rings (SSSR count). The molecule has 5 heteroatoms. The normalized spacial score (nSPS) is 27.4. The number of anilines is 1. The van der Waals surface area contributed by atoms with Crippen molar-refractivity contribution in [3.05, 3.63) is 28.2 Å². The molecule has 0 bridgehead atoms. The monoisotopic (exact) mass is 349 g/mol. The van der Waals surface area contributed by atoms with E-state index in [2.05, 4.69) is 35.1 Å². The molecule has 3 unspecified atom stereocenters. The van der Waals surface area contributed by atoms with E-state index in [0.29, 0.717) is 17.5 Å². The number of benzene rings is 1. The van der Waals surface area contributed by atoms with Crippen molar-refractivity contribution in [2.24, 2.45) is 11.8 Å². The smallest absolute Gasteiger partial charge is 0.382 e. The second kappa shape index (κ2) is 5.96. The highest BCUT2D eigenvalue weighted by molar-refractivity contribution is 9.10. The lowest BCUT2D eigenvalue weighted by Crippen LogP contribution is -2.33. The lowest BCUT2D eigenvalue weighted by molar-refractivity contribution is -0.138. The molecule has 3 atom stereocenters. The van der Waals surface area contributed by atoms with Crippen molar-refractivity contribution in [1.82, 2.24) is 0 Å². The quantitative estimate of drug-likeness (QED) is 0.721. The van der Waals surface area contributed by atoms with E-state index in [9.17, 15) is 13.2 Å². The van der Waals surface area contributed by atoms with Gasteiger partial charge in [0.25, 0.3) is 0 Å². The van der Waals surface area contributed by atoms with Gasteiger partial charge in [0, 0.05) is 16.2 Å². The van der Waals surface area contributed by atoms with Crippen molar-refractivity contribution in [3.63, 3.8) is 0 Å². The van der Waals surface area contributed by atoms with Crippen LogP contribution in [0.4, 0.5) is 18.9 Å². The summed E-state index contributed by atoms with van der Waals surface area (Å²) >= 11 is 2.96. The van der Waals surface area contributed by atoms with Gasteiger partial charge in [-0.1, -0.05) is 29.8 Å². The first-order chi connectivity index (χ1) is 9.27. The second-order valence-electron chi connectivity index (χ2n) is 5.84. The predicted octanol–water partition coefficient (Wildman–Crippen LogP) is 5.70. The zero-order valence-electron chi connectivity index (χ0n) is 11.6. The summed E-state index contributed by atoms with van der Waals surface area (Å²) in [5, 5.41) is 3.27. The summed E-state index contributed by atoms with van der Waals surface area (Å²) in [5.41, 5.74) is -0.0775. The van der Waals surface area contributed by atoms with Gasteiger partial charge in [0.1, 0.15) is 0 Å². The molecule has 1 aromatic carbocycles. The van der Waals surface area contributed by atoms with E-state index < -0.39 is 11.7 Å². The summed E-state index contributed by atoms with van der Waals surface area (Å²) in [6.07, 6.45) is -1.06. The van der Waals surface area contributed by atoms with Gasteiger partial charge in [0.2, 0.25) is 0 Å². The highest BCUT2D eigenvalue weighted by atomic mass is 79.9. The molecule has 0 radical (unpaired) electrons. The van der Waals surface area contributed by atoms with E-state index in [1.54, 1.807) is 6.07 Å². The van der Waals surface area contributed by atoms with Crippen LogP contribution in [0.1, 0.15) is 38.7 Å². The van der Waals surface area contributed by atoms with Gasteiger partial charge in [-0.2, -0.15) is 13.2 Å². The van der Waals surface area contributed by atoms with E-state index in [1.807, 2.05) is 0 Å². The Bertz CT molecular complexity index is 473. The first-order valence-electron chi connectivity index (χ1n) is 6.90. The molecule has 0 aliphatic heterocycles. The van der Waals surface area contributed by atoms with E-state index in [4.69, 9.17) is 0 Å². The number of hydrogen-bond donors (Lipinski definition) is 1. The van der Waals surface area contributed by atoms with E-state index in [0.717, 1.165) is 19.3 Å². The fraction of sp³-hybridized carbons (Fsp3) is 0.600. The molecule has 1 nitrogen and oxygen atoms in total. The Morgan fingerprint density at radius 3 is 2.50 bits per heavy atom. The lowest BCUT2D eigenvalue weighted by Gasteiger charge is -2.34. The van der Waals surface area contributed by atoms with Gasteiger partial charge in [0.15, 0.2) is 0 Å². The maximum atomic E-state index is 12.9. The molecule has 0 heterocycles. The van der Waals surface area contributed by atoms with E-state index in [-0.39, 0.29) is 10.5 Å². The van der Waals surface area contributed by atoms with Crippen molar-refractivity contribution < 1.29 is 13.2 Å². The largest absolute Gasteiger partial charge is 0.417 e. The molecule has 0 amide bonds. The van der Waals surface area contributed by atoms with Crippen LogP contribution >= 0.6 is 15.9 Å². The molecule has 20 heavy (non-hydrogen) atoms. The maximum absolute atomic E-state index is 12.9. The van der Waals surface area contributed by atoms with Gasteiger partial charge in [-0.05, 0) is 49.3 Å². The van der Waals surface area contributed by atoms with E-state index >= 15 is 0 Å². The van der Waals surface area contributed by atoms with Crippen molar-refractivity contribution in [2.75, 3.05) is 5.32 Å². The van der Waals surface area contributed by atoms with Crippen LogP contribution in [0.5, 0.6) is 0 Å². The minimum absolute atomic E-state index is 0.0841. The Labute approximate surface area is 126 Å². The first kappa shape index (κ1) is 15.7. The number of rotatable bonds is 2. The maximum Gasteiger partial charge on any atom is 0.417 e. The molecule has 1 fully saturated rings. The zero-order valence-corrected chi connectivity index (χ0v) is 13.2. The van der Waals surface area contributed by atoms with Crippen LogP contribution in [0.2, 0.25) is 0 Å². The molecule has 1 N–H and O–H groups in total. The number of halogens is 4. The number of hydrogen-bond acceptors (Lipinski definition) is 1. The highest BCUT2D eigenvalue weighted by Gasteiger charge is 2.33. The van der Waals surface area contributed by atoms with Gasteiger partial charge in [-0.3, -0.25) is 0 Å². The highest BCUT2D eigenvalue weighted by Crippen LogP contribution is 2.37. The Morgan fingerprint density at radius 2 is 1.90 bits per heavy atom. The van der Waals surface area contributed by atoms with E-state index in [1.165, 1.54) is 12.1 Å². The van der Waals surface area contributed by atoms with Crippen LogP contribution in [0.15, 0.2) is 22.7 Å². The Balaban J connectivity index is 2.14. The van der Waals surface area contributed by atoms with Crippen LogP contribution in [-0.4, -0.2) is 6.04 Å². The SMILES string of the molecule is CC1CCC(Nc2ccc(Br)c(C(F)(F)F)c2)C(C)C1. The molecule has 112 valence electrons. The summed E-state index contributed by atoms with van der Waals surface area (Å²) in [7, 11) is 0. The Morgan fingerprint density at radius 1 is 1.20 bits per heavy atom. The standard InChI is InChI=1S/C15H19BrF3N/c1-9-3-6-14(10(2)7-9)20-11-4-5-13(16)12(8-11)15(17,18)19/h4-5,8-10,14,20H,3,6-7H2,1-2H3. The van der Waals surface area contributed by atoms with Crippen LogP contribution in [0.3, 0.4) is 0 Å². The average Bonchev–Trinajstić information content (AvgIpc) is 2.33. The molecule has 1 aliphatic rings. The topological polar surface area (TPSA) is 12.0 Å². The Hall–Kier alpha value is -0.710. The number of alkyl halides is 3. The van der Waals surface area contributed by atoms with Crippen molar-refractivity contribution in [2.45, 2.75) is 45.3 Å². The summed E-state index contributed by atoms with van der Waals surface area (Å²) in [6.45, 7) is 4.39. The van der Waals surface area contributed by atoms with Gasteiger partial charge >= 0.3 is 6.18 Å². The molecule has 1 aliphatic carbocycles. The molecular weight excluding hydrogens is 331 g/mol. The molecule has 1 aromatic rings. The van der Waals surface area contributed by atoms with Crippen molar-refractivity contribution in [3.8, 4) is 0 Å². The summed E-state index contributed by atoms with van der Waals surface area (Å²) in [6, 6.07) is 4.61. The first-order valence-corrected chi connectivity index (χ1v) is 7.70. The fourth-order valence-electron chi connectivity index (χ4n) is 2.93. The van der Waals surface area contributed by atoms with Crippen molar-refractivity contribution in [1.29, 1.82) is 0 Å². The average molecular weight is 350 g/mol. The van der Waals surface area contributed by atoms with Gasteiger partial charge in [-0.15, -0.1) is 0 Å². The van der Waals surface area contributed by atoms with Gasteiger partial charge in [0.05, 0.1) is 5.56 Å². The third-order valence-corrected chi connectivity index (χ3v) is 4.75. The van der Waals surface area contributed by atoms with Gasteiger partial charge in [-0.25, -0.2) is 0 Å². The molecule has 0 spiro atoms. The van der Waals surface area contributed by atoms with Crippen LogP contribution in [-0.2, 0) is 6.18 Å². The van der Waals surface area contributed by atoms with Crippen LogP contribution in [0.25, 0.3) is 0 Å². The van der Waals surface area contributed by atoms with Crippen LogP contribution < -0.4 is 5.32 Å². The molecule has 0 aromatic heterocycles. The number of nitrogens with one attached hydrogen (secondary N) is 1. The van der Waals surface area contributed by atoms with Crippen LogP contribution in [0, 0.1) is 11.8 Å². The van der Waals surface area contributed by atoms with Crippen molar-refractivity contribution >= 4 is 21.6 Å². The molecular formula is C15H19BrF3N. The fourth-order valence-corrected chi connectivity index (χ4v) is 3.40. The summed E-state index contributed by atoms with van der Waals surface area (Å²) in [4.78, 5) is 0. The Kier molecular flexibility index (Phi) is 4.67. The molecule has 1 saturated carbocycles. The minimum Gasteiger partial charge on any atom is -0.382 e. The molecule has 0 saturated heterocycles. The predicted molar refractivity (Wildman–Crippen MR) is 78.7 cm³/mol. The summed E-state index contributed by atoms with van der Waals surface area (Å²) in [5.74, 6) is 1.19. The summed E-state index contributed by atoms with van der Waals surface area (Å²) < 4.78 is 38.7. The minimum atomic E-state index is -4.33. The lowest BCUT2D eigenvalue weighted by atomic mass is 9.80. The van der Waals surface area contributed by atoms with Gasteiger partial charge < -0.3 is 5.32 Å². The zero-order chi connectivity index (χ0) is 14.9. The third-order valence-electron chi connectivity index (χ3n) is 4.06. The second-order valence-corrected chi connectivity index (χ2v) is 6.69. The third kappa shape index (κ3) is 3.68.